The summed E-state index contributed by atoms with van der Waals surface area (Å²) in [6, 6.07) is 12.9. The van der Waals surface area contributed by atoms with E-state index in [1.54, 1.807) is 24.3 Å². The van der Waals surface area contributed by atoms with Gasteiger partial charge in [-0.2, -0.15) is 0 Å². The number of ether oxygens (including phenoxy) is 1. The fraction of sp³-hybridized carbons (Fsp3) is 0.211. The van der Waals surface area contributed by atoms with Crippen LogP contribution in [-0.2, 0) is 21.8 Å². The third kappa shape index (κ3) is 3.15. The van der Waals surface area contributed by atoms with Gasteiger partial charge in [0.05, 0.1) is 18.2 Å². The first-order valence-corrected chi connectivity index (χ1v) is 8.28. The molecule has 3 rings (SSSR count). The summed E-state index contributed by atoms with van der Waals surface area (Å²) in [4.78, 5) is 38.6. The smallest absolute Gasteiger partial charge is 0.329 e. The SMILES string of the molecule is COC(=O)[C@@H](Cc1ccc(CCl)cc1)N1C(=O)c2ccccc2C1=O. The molecule has 2 amide bonds. The highest BCUT2D eigenvalue weighted by Gasteiger charge is 2.43. The zero-order valence-electron chi connectivity index (χ0n) is 13.6. The first-order chi connectivity index (χ1) is 12.1. The van der Waals surface area contributed by atoms with Crippen molar-refractivity contribution in [3.05, 3.63) is 70.8 Å². The topological polar surface area (TPSA) is 63.7 Å². The van der Waals surface area contributed by atoms with Crippen molar-refractivity contribution in [3.8, 4) is 0 Å². The largest absolute Gasteiger partial charge is 0.467 e. The van der Waals surface area contributed by atoms with Gasteiger partial charge in [-0.1, -0.05) is 36.4 Å². The van der Waals surface area contributed by atoms with E-state index in [2.05, 4.69) is 0 Å². The summed E-state index contributed by atoms with van der Waals surface area (Å²) in [5.41, 5.74) is 2.36. The minimum absolute atomic E-state index is 0.181. The molecule has 0 fully saturated rings. The number of esters is 1. The van der Waals surface area contributed by atoms with Crippen LogP contribution in [0.2, 0.25) is 0 Å². The molecule has 0 bridgehead atoms. The highest BCUT2D eigenvalue weighted by molar-refractivity contribution is 6.22. The Labute approximate surface area is 150 Å². The lowest BCUT2D eigenvalue weighted by Crippen LogP contribution is -2.46. The Kier molecular flexibility index (Phi) is 4.86. The number of carbonyl (C=O) groups is 3. The molecule has 1 atom stereocenters. The molecule has 2 aromatic rings. The van der Waals surface area contributed by atoms with Crippen molar-refractivity contribution in [3.63, 3.8) is 0 Å². The van der Waals surface area contributed by atoms with Crippen LogP contribution < -0.4 is 0 Å². The first-order valence-electron chi connectivity index (χ1n) is 7.75. The molecule has 6 heteroatoms. The van der Waals surface area contributed by atoms with E-state index in [4.69, 9.17) is 16.3 Å². The van der Waals surface area contributed by atoms with Gasteiger partial charge in [0.15, 0.2) is 0 Å². The molecule has 0 saturated heterocycles. The van der Waals surface area contributed by atoms with Gasteiger partial charge in [-0.3, -0.25) is 14.5 Å². The van der Waals surface area contributed by atoms with Crippen LogP contribution in [0.25, 0.3) is 0 Å². The van der Waals surface area contributed by atoms with Crippen LogP contribution >= 0.6 is 11.6 Å². The fourth-order valence-corrected chi connectivity index (χ4v) is 3.07. The molecule has 2 aromatic carbocycles. The average Bonchev–Trinajstić information content (AvgIpc) is 2.91. The summed E-state index contributed by atoms with van der Waals surface area (Å²) in [5.74, 6) is -1.20. The number of hydrogen-bond acceptors (Lipinski definition) is 4. The maximum absolute atomic E-state index is 12.6. The molecule has 0 spiro atoms. The number of imide groups is 1. The fourth-order valence-electron chi connectivity index (χ4n) is 2.89. The predicted molar refractivity (Wildman–Crippen MR) is 92.4 cm³/mol. The second kappa shape index (κ2) is 7.07. The Bertz CT molecular complexity index is 797. The van der Waals surface area contributed by atoms with Crippen molar-refractivity contribution in [1.82, 2.24) is 4.90 Å². The Morgan fingerprint density at radius 3 is 2.00 bits per heavy atom. The highest BCUT2D eigenvalue weighted by atomic mass is 35.5. The lowest BCUT2D eigenvalue weighted by molar-refractivity contribution is -0.145. The monoisotopic (exact) mass is 357 g/mol. The molecular weight excluding hydrogens is 342 g/mol. The van der Waals surface area contributed by atoms with E-state index < -0.39 is 23.8 Å². The second-order valence-electron chi connectivity index (χ2n) is 5.72. The van der Waals surface area contributed by atoms with Gasteiger partial charge >= 0.3 is 5.97 Å². The summed E-state index contributed by atoms with van der Waals surface area (Å²) in [5, 5.41) is 0. The van der Waals surface area contributed by atoms with Crippen molar-refractivity contribution in [2.24, 2.45) is 0 Å². The second-order valence-corrected chi connectivity index (χ2v) is 5.99. The molecular formula is C19H16ClNO4. The maximum Gasteiger partial charge on any atom is 0.329 e. The Morgan fingerprint density at radius 1 is 1.00 bits per heavy atom. The van der Waals surface area contributed by atoms with E-state index in [1.165, 1.54) is 7.11 Å². The van der Waals surface area contributed by atoms with Gasteiger partial charge in [-0.25, -0.2) is 4.79 Å². The molecule has 0 aromatic heterocycles. The van der Waals surface area contributed by atoms with Crippen molar-refractivity contribution in [1.29, 1.82) is 0 Å². The zero-order valence-corrected chi connectivity index (χ0v) is 14.3. The van der Waals surface area contributed by atoms with Gasteiger partial charge < -0.3 is 4.74 Å². The number of methoxy groups -OCH3 is 1. The van der Waals surface area contributed by atoms with Crippen LogP contribution in [0.1, 0.15) is 31.8 Å². The van der Waals surface area contributed by atoms with Crippen LogP contribution in [0.15, 0.2) is 48.5 Å². The molecule has 0 radical (unpaired) electrons. The van der Waals surface area contributed by atoms with E-state index in [0.29, 0.717) is 17.0 Å². The highest BCUT2D eigenvalue weighted by Crippen LogP contribution is 2.26. The minimum Gasteiger partial charge on any atom is -0.467 e. The molecule has 0 saturated carbocycles. The van der Waals surface area contributed by atoms with Crippen LogP contribution in [-0.4, -0.2) is 35.8 Å². The molecule has 1 aliphatic heterocycles. The quantitative estimate of drug-likeness (QED) is 0.469. The lowest BCUT2D eigenvalue weighted by Gasteiger charge is -2.24. The number of rotatable bonds is 5. The third-order valence-electron chi connectivity index (χ3n) is 4.22. The van der Waals surface area contributed by atoms with Crippen LogP contribution in [0, 0.1) is 0 Å². The molecule has 25 heavy (non-hydrogen) atoms. The summed E-state index contributed by atoms with van der Waals surface area (Å²) in [7, 11) is 1.24. The zero-order chi connectivity index (χ0) is 18.0. The maximum atomic E-state index is 12.6. The number of hydrogen-bond donors (Lipinski definition) is 0. The third-order valence-corrected chi connectivity index (χ3v) is 4.53. The number of amides is 2. The molecule has 0 N–H and O–H groups in total. The van der Waals surface area contributed by atoms with Gasteiger partial charge in [0.2, 0.25) is 0 Å². The molecule has 5 nitrogen and oxygen atoms in total. The Hall–Kier alpha value is -2.66. The van der Waals surface area contributed by atoms with E-state index in [9.17, 15) is 14.4 Å². The van der Waals surface area contributed by atoms with E-state index in [0.717, 1.165) is 16.0 Å². The van der Waals surface area contributed by atoms with Gasteiger partial charge in [0.25, 0.3) is 11.8 Å². The number of carbonyl (C=O) groups excluding carboxylic acids is 3. The first kappa shape index (κ1) is 17.2. The number of benzene rings is 2. The average molecular weight is 358 g/mol. The molecule has 0 aliphatic carbocycles. The molecule has 1 heterocycles. The summed E-state index contributed by atoms with van der Waals surface area (Å²) in [6.07, 6.45) is 0.181. The summed E-state index contributed by atoms with van der Waals surface area (Å²) >= 11 is 5.78. The normalized spacial score (nSPS) is 14.4. The standard InChI is InChI=1S/C19H16ClNO4/c1-25-19(24)16(10-12-6-8-13(11-20)9-7-12)21-17(22)14-4-2-3-5-15(14)18(21)23/h2-9,16H,10-11H2,1H3/t16-/m1/s1. The van der Waals surface area contributed by atoms with Gasteiger partial charge in [-0.15, -0.1) is 11.6 Å². The lowest BCUT2D eigenvalue weighted by atomic mass is 10.0. The summed E-state index contributed by atoms with van der Waals surface area (Å²) < 4.78 is 4.83. The Balaban J connectivity index is 1.93. The molecule has 0 unspecified atom stereocenters. The van der Waals surface area contributed by atoms with Crippen LogP contribution in [0.3, 0.4) is 0 Å². The van der Waals surface area contributed by atoms with E-state index in [-0.39, 0.29) is 6.42 Å². The number of fused-ring (bicyclic) bond motifs is 1. The van der Waals surface area contributed by atoms with Gasteiger partial charge in [0.1, 0.15) is 6.04 Å². The van der Waals surface area contributed by atoms with Crippen LogP contribution in [0.5, 0.6) is 0 Å². The van der Waals surface area contributed by atoms with Crippen molar-refractivity contribution in [2.75, 3.05) is 7.11 Å². The predicted octanol–water partition coefficient (Wildman–Crippen LogP) is 2.81. The Morgan fingerprint density at radius 2 is 1.52 bits per heavy atom. The van der Waals surface area contributed by atoms with Crippen LogP contribution in [0.4, 0.5) is 0 Å². The van der Waals surface area contributed by atoms with E-state index in [1.807, 2.05) is 24.3 Å². The van der Waals surface area contributed by atoms with Crippen molar-refractivity contribution in [2.45, 2.75) is 18.3 Å². The van der Waals surface area contributed by atoms with Gasteiger partial charge in [0, 0.05) is 12.3 Å². The van der Waals surface area contributed by atoms with E-state index >= 15 is 0 Å². The molecule has 1 aliphatic rings. The summed E-state index contributed by atoms with van der Waals surface area (Å²) in [6.45, 7) is 0. The van der Waals surface area contributed by atoms with Crippen molar-refractivity contribution < 1.29 is 19.1 Å². The minimum atomic E-state index is -1.01. The van der Waals surface area contributed by atoms with Crippen molar-refractivity contribution >= 4 is 29.4 Å². The number of nitrogens with zero attached hydrogens (tertiary/aromatic N) is 1. The number of halogens is 1. The van der Waals surface area contributed by atoms with Gasteiger partial charge in [-0.05, 0) is 23.3 Å². The molecule has 128 valence electrons. The number of alkyl halides is 1.